The van der Waals surface area contributed by atoms with Gasteiger partial charge < -0.3 is 14.2 Å². The maximum atomic E-state index is 13.0. The molecular weight excluding hydrogens is 536 g/mol. The third kappa shape index (κ3) is 10.5. The predicted octanol–water partition coefficient (Wildman–Crippen LogP) is 9.14. The van der Waals surface area contributed by atoms with E-state index in [1.807, 2.05) is 37.3 Å². The van der Waals surface area contributed by atoms with Gasteiger partial charge in [0.25, 0.3) is 0 Å². The van der Waals surface area contributed by atoms with Gasteiger partial charge in [-0.05, 0) is 73.6 Å². The molecule has 0 bridgehead atoms. The van der Waals surface area contributed by atoms with E-state index < -0.39 is 12.2 Å². The van der Waals surface area contributed by atoms with Crippen molar-refractivity contribution in [2.75, 3.05) is 0 Å². The van der Waals surface area contributed by atoms with Gasteiger partial charge in [0.1, 0.15) is 12.2 Å². The van der Waals surface area contributed by atoms with Crippen LogP contribution in [0.2, 0.25) is 0 Å². The van der Waals surface area contributed by atoms with Crippen molar-refractivity contribution < 1.29 is 23.8 Å². The van der Waals surface area contributed by atoms with Crippen LogP contribution in [0.3, 0.4) is 0 Å². The number of esters is 2. The Balaban J connectivity index is 1.73. The number of epoxide rings is 1. The van der Waals surface area contributed by atoms with Crippen molar-refractivity contribution in [2.45, 2.75) is 119 Å². The lowest BCUT2D eigenvalue weighted by molar-refractivity contribution is -0.149. The van der Waals surface area contributed by atoms with Gasteiger partial charge in [-0.3, -0.25) is 4.79 Å². The van der Waals surface area contributed by atoms with Crippen molar-refractivity contribution in [1.82, 2.24) is 0 Å². The van der Waals surface area contributed by atoms with Crippen LogP contribution in [0, 0.1) is 35.0 Å². The second-order valence-electron chi connectivity index (χ2n) is 14.1. The molecule has 0 aromatic heterocycles. The Morgan fingerprint density at radius 3 is 2.49 bits per heavy atom. The molecule has 3 rings (SSSR count). The Morgan fingerprint density at radius 1 is 1.12 bits per heavy atom. The number of hydrogen-bond donors (Lipinski definition) is 0. The molecule has 0 saturated carbocycles. The van der Waals surface area contributed by atoms with Gasteiger partial charge in [0.2, 0.25) is 0 Å². The molecule has 43 heavy (non-hydrogen) atoms. The largest absolute Gasteiger partial charge is 0.457 e. The first-order chi connectivity index (χ1) is 20.3. The van der Waals surface area contributed by atoms with Gasteiger partial charge in [-0.2, -0.15) is 0 Å². The monoisotopic (exact) mass is 592 g/mol. The van der Waals surface area contributed by atoms with Crippen molar-refractivity contribution >= 4 is 11.9 Å². The van der Waals surface area contributed by atoms with Crippen LogP contribution < -0.4 is 0 Å². The highest BCUT2D eigenvalue weighted by molar-refractivity contribution is 5.89. The summed E-state index contributed by atoms with van der Waals surface area (Å²) in [6, 6.07) is 9.13. The minimum atomic E-state index is -0.410. The molecule has 0 radical (unpaired) electrons. The lowest BCUT2D eigenvalue weighted by Crippen LogP contribution is -2.34. The number of cyclic esters (lactones) is 1. The molecule has 2 heterocycles. The highest BCUT2D eigenvalue weighted by Crippen LogP contribution is 2.38. The molecule has 2 aliphatic rings. The lowest BCUT2D eigenvalue weighted by Gasteiger charge is -2.34. The molecule has 1 saturated heterocycles. The first-order valence-electron chi connectivity index (χ1n) is 16.5. The summed E-state index contributed by atoms with van der Waals surface area (Å²) < 4.78 is 18.2. The van der Waals surface area contributed by atoms with E-state index in [2.05, 4.69) is 73.6 Å². The van der Waals surface area contributed by atoms with E-state index in [4.69, 9.17) is 14.2 Å². The number of carbonyl (C=O) groups excluding carboxylic acids is 2. The van der Waals surface area contributed by atoms with E-state index in [0.717, 1.165) is 24.8 Å². The van der Waals surface area contributed by atoms with E-state index >= 15 is 0 Å². The number of allylic oxidation sites excluding steroid dienone is 3. The standard InChI is InChI=1S/C38H56O5/c1-10-27(4)30(7)36-32(41-36)23-25(2)15-14-16-28(5)35-29(6)19-20-33(42-37(40)31-17-12-11-13-18-31)38(8,9)22-21-26(3)24-34(39)43-35/h11-20,25-27,29-30,32-33,35-36H,10,21-24H2,1-9H3/b15-14+,20-19+,28-16+. The van der Waals surface area contributed by atoms with Gasteiger partial charge in [0, 0.05) is 17.8 Å². The highest BCUT2D eigenvalue weighted by Gasteiger charge is 2.44. The van der Waals surface area contributed by atoms with Crippen LogP contribution in [-0.2, 0) is 19.0 Å². The molecule has 5 nitrogen and oxygen atoms in total. The van der Waals surface area contributed by atoms with Gasteiger partial charge in [0.05, 0.1) is 17.8 Å². The predicted molar refractivity (Wildman–Crippen MR) is 175 cm³/mol. The smallest absolute Gasteiger partial charge is 0.338 e. The van der Waals surface area contributed by atoms with E-state index in [1.165, 1.54) is 6.42 Å². The summed E-state index contributed by atoms with van der Waals surface area (Å²) >= 11 is 0. The number of hydrogen-bond acceptors (Lipinski definition) is 5. The maximum Gasteiger partial charge on any atom is 0.338 e. The van der Waals surface area contributed by atoms with Crippen LogP contribution in [0.1, 0.15) is 105 Å². The van der Waals surface area contributed by atoms with Gasteiger partial charge in [0.15, 0.2) is 0 Å². The molecule has 238 valence electrons. The molecular formula is C38H56O5. The zero-order valence-electron chi connectivity index (χ0n) is 28.0. The number of benzene rings is 1. The normalized spacial score (nSPS) is 31.2. The molecule has 9 unspecified atom stereocenters. The maximum absolute atomic E-state index is 13.0. The summed E-state index contributed by atoms with van der Waals surface area (Å²) in [4.78, 5) is 26.0. The number of carbonyl (C=O) groups is 2. The van der Waals surface area contributed by atoms with Crippen LogP contribution in [0.15, 0.2) is 66.3 Å². The van der Waals surface area contributed by atoms with Gasteiger partial charge in [-0.15, -0.1) is 0 Å². The summed E-state index contributed by atoms with van der Waals surface area (Å²) in [7, 11) is 0. The average Bonchev–Trinajstić information content (AvgIpc) is 3.74. The fraction of sp³-hybridized carbons (Fsp3) is 0.632. The van der Waals surface area contributed by atoms with Gasteiger partial charge >= 0.3 is 11.9 Å². The van der Waals surface area contributed by atoms with E-state index in [9.17, 15) is 9.59 Å². The summed E-state index contributed by atoms with van der Waals surface area (Å²) in [6.07, 6.45) is 14.6. The number of rotatable bonds is 10. The van der Waals surface area contributed by atoms with Crippen molar-refractivity contribution in [3.63, 3.8) is 0 Å². The molecule has 0 amide bonds. The minimum Gasteiger partial charge on any atom is -0.457 e. The summed E-state index contributed by atoms with van der Waals surface area (Å²) in [5.41, 5.74) is 1.23. The van der Waals surface area contributed by atoms with E-state index in [-0.39, 0.29) is 29.2 Å². The highest BCUT2D eigenvalue weighted by atomic mass is 16.6. The molecule has 9 atom stereocenters. The minimum absolute atomic E-state index is 0.0999. The second kappa shape index (κ2) is 15.9. The Labute approximate surface area is 261 Å². The third-order valence-corrected chi connectivity index (χ3v) is 9.67. The molecule has 0 aliphatic carbocycles. The van der Waals surface area contributed by atoms with Crippen molar-refractivity contribution in [3.8, 4) is 0 Å². The van der Waals surface area contributed by atoms with Crippen LogP contribution >= 0.6 is 0 Å². The Morgan fingerprint density at radius 2 is 1.81 bits per heavy atom. The summed E-state index contributed by atoms with van der Waals surface area (Å²) in [5, 5.41) is 0. The zero-order valence-corrected chi connectivity index (χ0v) is 28.0. The fourth-order valence-electron chi connectivity index (χ4n) is 5.99. The second-order valence-corrected chi connectivity index (χ2v) is 14.1. The Hall–Kier alpha value is -2.66. The zero-order chi connectivity index (χ0) is 31.7. The van der Waals surface area contributed by atoms with Crippen molar-refractivity contribution in [2.24, 2.45) is 35.0 Å². The van der Waals surface area contributed by atoms with Crippen LogP contribution in [-0.4, -0.2) is 36.4 Å². The van der Waals surface area contributed by atoms with Crippen molar-refractivity contribution in [3.05, 3.63) is 71.8 Å². The molecule has 2 aliphatic heterocycles. The number of ether oxygens (including phenoxy) is 3. The fourth-order valence-corrected chi connectivity index (χ4v) is 5.99. The molecule has 1 aromatic rings. The van der Waals surface area contributed by atoms with Gasteiger partial charge in [-0.25, -0.2) is 4.79 Å². The average molecular weight is 593 g/mol. The van der Waals surface area contributed by atoms with Crippen molar-refractivity contribution in [1.29, 1.82) is 0 Å². The third-order valence-electron chi connectivity index (χ3n) is 9.67. The molecule has 5 heteroatoms. The molecule has 1 fully saturated rings. The quantitative estimate of drug-likeness (QED) is 0.117. The van der Waals surface area contributed by atoms with Crippen LogP contribution in [0.4, 0.5) is 0 Å². The lowest BCUT2D eigenvalue weighted by atomic mass is 9.78. The molecule has 1 aromatic carbocycles. The Kier molecular flexibility index (Phi) is 12.9. The topological polar surface area (TPSA) is 65.1 Å². The summed E-state index contributed by atoms with van der Waals surface area (Å²) in [6.45, 7) is 19.5. The summed E-state index contributed by atoms with van der Waals surface area (Å²) in [5.74, 6) is 1.23. The van der Waals surface area contributed by atoms with E-state index in [0.29, 0.717) is 41.9 Å². The van der Waals surface area contributed by atoms with Gasteiger partial charge in [-0.1, -0.05) is 104 Å². The van der Waals surface area contributed by atoms with Crippen LogP contribution in [0.5, 0.6) is 0 Å². The SMILES string of the molecule is CCC(C)C(C)C1OC1CC(C)/C=C/C=C(\C)C1OC(=O)CC(C)CCC(C)(C)C(OC(=O)c2ccccc2)/C=C/C1C. The first kappa shape index (κ1) is 34.8. The molecule has 0 N–H and O–H groups in total. The molecule has 0 spiro atoms. The van der Waals surface area contributed by atoms with E-state index in [1.54, 1.807) is 12.1 Å². The Bertz CT molecular complexity index is 1130. The van der Waals surface area contributed by atoms with Crippen LogP contribution in [0.25, 0.3) is 0 Å². The first-order valence-corrected chi connectivity index (χ1v) is 16.5.